The monoisotopic (exact) mass is 558 g/mol. The highest BCUT2D eigenvalue weighted by Crippen LogP contribution is 2.33. The van der Waals surface area contributed by atoms with Crippen LogP contribution in [0.1, 0.15) is 11.1 Å². The molecule has 4 aromatic carbocycles. The van der Waals surface area contributed by atoms with Crippen molar-refractivity contribution in [2.24, 2.45) is 0 Å². The summed E-state index contributed by atoms with van der Waals surface area (Å²) >= 11 is 0. The van der Waals surface area contributed by atoms with E-state index in [1.54, 1.807) is 12.3 Å². The fourth-order valence-electron chi connectivity index (χ4n) is 5.32. The van der Waals surface area contributed by atoms with Crippen LogP contribution in [0, 0.1) is 13.8 Å². The van der Waals surface area contributed by atoms with Crippen LogP contribution >= 0.6 is 0 Å². The highest BCUT2D eigenvalue weighted by molar-refractivity contribution is 5.98. The normalized spacial score (nSPS) is 13.6. The maximum Gasteiger partial charge on any atom is 0.425 e. The fraction of sp³-hybridized carbons (Fsp3) is 0.206. The molecule has 1 aromatic heterocycles. The summed E-state index contributed by atoms with van der Waals surface area (Å²) in [6.07, 6.45) is 1.09. The number of benzene rings is 4. The maximum atomic E-state index is 13.8. The number of piperazine rings is 1. The van der Waals surface area contributed by atoms with Crippen LogP contribution in [-0.4, -0.2) is 54.2 Å². The Kier molecular flexibility index (Phi) is 7.70. The second-order valence-corrected chi connectivity index (χ2v) is 10.7. The van der Waals surface area contributed by atoms with Crippen LogP contribution in [0.4, 0.5) is 33.6 Å². The van der Waals surface area contributed by atoms with Crippen molar-refractivity contribution in [2.75, 3.05) is 48.3 Å². The number of hydrogen-bond acceptors (Lipinski definition) is 7. The topological polar surface area (TPSA) is 73.8 Å². The van der Waals surface area contributed by atoms with Gasteiger partial charge in [-0.1, -0.05) is 48.5 Å². The van der Waals surface area contributed by atoms with Crippen LogP contribution in [0.2, 0.25) is 0 Å². The Morgan fingerprint density at radius 1 is 0.833 bits per heavy atom. The van der Waals surface area contributed by atoms with E-state index in [9.17, 15) is 4.79 Å². The first-order valence-corrected chi connectivity index (χ1v) is 14.2. The van der Waals surface area contributed by atoms with E-state index >= 15 is 0 Å². The zero-order valence-electron chi connectivity index (χ0n) is 24.1. The number of amides is 1. The second-order valence-electron chi connectivity index (χ2n) is 10.7. The number of aromatic nitrogens is 2. The van der Waals surface area contributed by atoms with Crippen LogP contribution in [0.15, 0.2) is 97.2 Å². The van der Waals surface area contributed by atoms with Crippen LogP contribution in [-0.2, 0) is 0 Å². The summed E-state index contributed by atoms with van der Waals surface area (Å²) in [7, 11) is 2.16. The van der Waals surface area contributed by atoms with Gasteiger partial charge in [-0.05, 0) is 79.2 Å². The van der Waals surface area contributed by atoms with Gasteiger partial charge >= 0.3 is 6.09 Å². The van der Waals surface area contributed by atoms with Gasteiger partial charge in [0.1, 0.15) is 11.6 Å². The maximum absolute atomic E-state index is 13.8. The number of nitrogens with one attached hydrogen (secondary N) is 1. The molecule has 0 spiro atoms. The molecular formula is C34H34N6O2. The summed E-state index contributed by atoms with van der Waals surface area (Å²) in [5.41, 5.74) is 4.64. The third-order valence-corrected chi connectivity index (χ3v) is 7.63. The number of hydrogen-bond donors (Lipinski definition) is 1. The lowest BCUT2D eigenvalue weighted by Crippen LogP contribution is -2.44. The second kappa shape index (κ2) is 11.9. The molecule has 0 atom stereocenters. The van der Waals surface area contributed by atoms with Gasteiger partial charge in [-0.15, -0.1) is 0 Å². The Balaban J connectivity index is 1.27. The van der Waals surface area contributed by atoms with E-state index in [1.807, 2.05) is 86.6 Å². The lowest BCUT2D eigenvalue weighted by molar-refractivity contribution is 0.210. The largest absolute Gasteiger partial charge is 0.425 e. The SMILES string of the molecule is Cc1cccc(C)c1N(C(=O)Oc1ccc2ccccc2c1)c1ccnc(Nc2ccc(N3CCN(C)CC3)cc2)n1. The summed E-state index contributed by atoms with van der Waals surface area (Å²) < 4.78 is 5.94. The van der Waals surface area contributed by atoms with Crippen LogP contribution in [0.5, 0.6) is 5.75 Å². The number of fused-ring (bicyclic) bond motifs is 1. The lowest BCUT2D eigenvalue weighted by Gasteiger charge is -2.34. The zero-order valence-corrected chi connectivity index (χ0v) is 24.1. The van der Waals surface area contributed by atoms with Crippen LogP contribution in [0.25, 0.3) is 10.8 Å². The summed E-state index contributed by atoms with van der Waals surface area (Å²) in [4.78, 5) is 29.3. The van der Waals surface area contributed by atoms with Crippen molar-refractivity contribution in [3.8, 4) is 5.75 Å². The Morgan fingerprint density at radius 2 is 1.55 bits per heavy atom. The summed E-state index contributed by atoms with van der Waals surface area (Å²) in [5.74, 6) is 1.25. The van der Waals surface area contributed by atoms with Crippen molar-refractivity contribution in [1.82, 2.24) is 14.9 Å². The Bertz CT molecular complexity index is 1690. The van der Waals surface area contributed by atoms with E-state index in [2.05, 4.69) is 39.3 Å². The Labute approximate surface area is 246 Å². The smallest absolute Gasteiger partial charge is 0.410 e. The van der Waals surface area contributed by atoms with Crippen molar-refractivity contribution in [3.05, 3.63) is 108 Å². The molecule has 1 aliphatic rings. The minimum atomic E-state index is -0.552. The molecule has 0 bridgehead atoms. The molecule has 1 aliphatic heterocycles. The van der Waals surface area contributed by atoms with E-state index in [-0.39, 0.29) is 0 Å². The third kappa shape index (κ3) is 5.89. The standard InChI is InChI=1S/C34H34N6O2/c1-24-7-6-8-25(2)32(24)40(34(41)42-30-16-11-26-9-4-5-10-27(26)23-30)31-17-18-35-33(37-31)36-28-12-14-29(15-13-28)39-21-19-38(3)20-22-39/h4-18,23H,19-22H2,1-3H3,(H,35,36,37). The van der Waals surface area contributed by atoms with E-state index < -0.39 is 6.09 Å². The molecule has 1 N–H and O–H groups in total. The van der Waals surface area contributed by atoms with Crippen LogP contribution < -0.4 is 19.9 Å². The number of carbonyl (C=O) groups excluding carboxylic acids is 1. The summed E-state index contributed by atoms with van der Waals surface area (Å²) in [5, 5.41) is 5.37. The van der Waals surface area contributed by atoms with E-state index in [0.717, 1.165) is 59.5 Å². The first-order chi connectivity index (χ1) is 20.4. The number of aryl methyl sites for hydroxylation is 2. The molecule has 5 aromatic rings. The Hall–Kier alpha value is -4.95. The van der Waals surface area contributed by atoms with E-state index in [1.165, 1.54) is 10.6 Å². The predicted octanol–water partition coefficient (Wildman–Crippen LogP) is 7.08. The molecule has 2 heterocycles. The average Bonchev–Trinajstić information content (AvgIpc) is 3.00. The van der Waals surface area contributed by atoms with Crippen LogP contribution in [0.3, 0.4) is 0 Å². The van der Waals surface area contributed by atoms with Gasteiger partial charge in [0.15, 0.2) is 0 Å². The number of carbonyl (C=O) groups is 1. The van der Waals surface area contributed by atoms with Gasteiger partial charge in [-0.25, -0.2) is 14.7 Å². The van der Waals surface area contributed by atoms with Gasteiger partial charge in [0.25, 0.3) is 0 Å². The minimum absolute atomic E-state index is 0.384. The molecular weight excluding hydrogens is 524 g/mol. The molecule has 8 heteroatoms. The predicted molar refractivity (Wildman–Crippen MR) is 169 cm³/mol. The first kappa shape index (κ1) is 27.2. The van der Waals surface area contributed by atoms with Crippen molar-refractivity contribution in [2.45, 2.75) is 13.8 Å². The van der Waals surface area contributed by atoms with Crippen molar-refractivity contribution < 1.29 is 9.53 Å². The number of rotatable bonds is 6. The minimum Gasteiger partial charge on any atom is -0.410 e. The van der Waals surface area contributed by atoms with Gasteiger partial charge in [-0.2, -0.15) is 4.98 Å². The fourth-order valence-corrected chi connectivity index (χ4v) is 5.32. The molecule has 1 fully saturated rings. The van der Waals surface area contributed by atoms with Gasteiger partial charge in [-0.3, -0.25) is 0 Å². The van der Waals surface area contributed by atoms with Gasteiger partial charge in [0.05, 0.1) is 5.69 Å². The number of likely N-dealkylation sites (N-methyl/N-ethyl adjacent to an activating group) is 1. The van der Waals surface area contributed by atoms with Gasteiger partial charge < -0.3 is 19.9 Å². The molecule has 0 unspecified atom stereocenters. The highest BCUT2D eigenvalue weighted by atomic mass is 16.6. The van der Waals surface area contributed by atoms with Crippen molar-refractivity contribution >= 4 is 45.7 Å². The van der Waals surface area contributed by atoms with Gasteiger partial charge in [0.2, 0.25) is 5.95 Å². The average molecular weight is 559 g/mol. The molecule has 0 saturated carbocycles. The number of para-hydroxylation sites is 1. The molecule has 8 nitrogen and oxygen atoms in total. The first-order valence-electron chi connectivity index (χ1n) is 14.2. The third-order valence-electron chi connectivity index (χ3n) is 7.63. The van der Waals surface area contributed by atoms with E-state index in [4.69, 9.17) is 9.72 Å². The molecule has 6 rings (SSSR count). The molecule has 42 heavy (non-hydrogen) atoms. The van der Waals surface area contributed by atoms with Crippen molar-refractivity contribution in [3.63, 3.8) is 0 Å². The summed E-state index contributed by atoms with van der Waals surface area (Å²) in [6.45, 7) is 8.08. The number of nitrogens with zero attached hydrogens (tertiary/aromatic N) is 5. The highest BCUT2D eigenvalue weighted by Gasteiger charge is 2.25. The lowest BCUT2D eigenvalue weighted by atomic mass is 10.1. The quantitative estimate of drug-likeness (QED) is 0.239. The van der Waals surface area contributed by atoms with Gasteiger partial charge in [0, 0.05) is 49.8 Å². The molecule has 212 valence electrons. The molecule has 0 aliphatic carbocycles. The van der Waals surface area contributed by atoms with Crippen molar-refractivity contribution in [1.29, 1.82) is 0 Å². The molecule has 0 radical (unpaired) electrons. The number of anilines is 5. The van der Waals surface area contributed by atoms with E-state index in [0.29, 0.717) is 17.5 Å². The number of ether oxygens (including phenoxy) is 1. The molecule has 1 saturated heterocycles. The summed E-state index contributed by atoms with van der Waals surface area (Å²) in [6, 6.07) is 29.5. The molecule has 1 amide bonds. The Morgan fingerprint density at radius 3 is 2.29 bits per heavy atom. The zero-order chi connectivity index (χ0) is 29.1.